The number of nitrogens with zero attached hydrogens (tertiary/aromatic N) is 3. The van der Waals surface area contributed by atoms with Gasteiger partial charge in [0.25, 0.3) is 0 Å². The van der Waals surface area contributed by atoms with Gasteiger partial charge < -0.3 is 5.11 Å². The molecule has 5 heteroatoms. The number of rotatable bonds is 2. The molecule has 0 atom stereocenters. The van der Waals surface area contributed by atoms with Crippen molar-refractivity contribution in [2.24, 2.45) is 0 Å². The van der Waals surface area contributed by atoms with Crippen molar-refractivity contribution in [3.63, 3.8) is 0 Å². The summed E-state index contributed by atoms with van der Waals surface area (Å²) in [6, 6.07) is 11.0. The number of pyridine rings is 1. The Bertz CT molecular complexity index is 708. The van der Waals surface area contributed by atoms with Crippen LogP contribution in [0.3, 0.4) is 0 Å². The Labute approximate surface area is 112 Å². The van der Waals surface area contributed by atoms with Gasteiger partial charge in [-0.05, 0) is 45.8 Å². The van der Waals surface area contributed by atoms with E-state index < -0.39 is 0 Å². The van der Waals surface area contributed by atoms with Gasteiger partial charge in [0, 0.05) is 17.1 Å². The van der Waals surface area contributed by atoms with Crippen molar-refractivity contribution >= 4 is 21.6 Å². The summed E-state index contributed by atoms with van der Waals surface area (Å²) in [7, 11) is 0. The number of aromatic nitrogens is 3. The van der Waals surface area contributed by atoms with Crippen LogP contribution in [0.2, 0.25) is 0 Å². The molecular weight excluding hydrogens is 294 g/mol. The molecule has 2 heterocycles. The lowest BCUT2D eigenvalue weighted by Gasteiger charge is -2.01. The van der Waals surface area contributed by atoms with Gasteiger partial charge in [0.2, 0.25) is 0 Å². The zero-order chi connectivity index (χ0) is 12.5. The second kappa shape index (κ2) is 4.42. The van der Waals surface area contributed by atoms with Crippen LogP contribution < -0.4 is 0 Å². The molecule has 0 spiro atoms. The summed E-state index contributed by atoms with van der Waals surface area (Å²) in [6.45, 7) is 0. The van der Waals surface area contributed by atoms with Gasteiger partial charge in [-0.25, -0.2) is 0 Å². The second-order valence-electron chi connectivity index (χ2n) is 4.04. The Balaban J connectivity index is 2.02. The Morgan fingerprint density at radius 1 is 1.17 bits per heavy atom. The van der Waals surface area contributed by atoms with Crippen LogP contribution in [0.15, 0.2) is 47.1 Å². The first-order valence-corrected chi connectivity index (χ1v) is 6.29. The van der Waals surface area contributed by atoms with Crippen molar-refractivity contribution in [3.05, 3.63) is 58.5 Å². The summed E-state index contributed by atoms with van der Waals surface area (Å²) >= 11 is 3.43. The van der Waals surface area contributed by atoms with Gasteiger partial charge in [-0.15, -0.1) is 10.2 Å². The lowest BCUT2D eigenvalue weighted by Crippen LogP contribution is -1.96. The van der Waals surface area contributed by atoms with Gasteiger partial charge >= 0.3 is 0 Å². The molecule has 0 aliphatic heterocycles. The van der Waals surface area contributed by atoms with Gasteiger partial charge in [0.05, 0.1) is 0 Å². The largest absolute Gasteiger partial charge is 0.508 e. The third-order valence-corrected chi connectivity index (χ3v) is 3.18. The lowest BCUT2D eigenvalue weighted by molar-refractivity contribution is 0.474. The van der Waals surface area contributed by atoms with E-state index in [-0.39, 0.29) is 5.75 Å². The Morgan fingerprint density at radius 3 is 2.89 bits per heavy atom. The fourth-order valence-electron chi connectivity index (χ4n) is 1.88. The molecule has 0 bridgehead atoms. The minimum absolute atomic E-state index is 0.266. The molecule has 2 aromatic heterocycles. The fraction of sp³-hybridized carbons (Fsp3) is 0.0769. The zero-order valence-corrected chi connectivity index (χ0v) is 11.0. The van der Waals surface area contributed by atoms with E-state index in [9.17, 15) is 5.11 Å². The molecule has 0 amide bonds. The highest BCUT2D eigenvalue weighted by atomic mass is 79.9. The predicted molar refractivity (Wildman–Crippen MR) is 71.6 cm³/mol. The SMILES string of the molecule is Oc1cccc(Cc2nnc3ccc(Br)cn23)c1. The van der Waals surface area contributed by atoms with Crippen molar-refractivity contribution in [1.82, 2.24) is 14.6 Å². The number of phenols is 1. The summed E-state index contributed by atoms with van der Waals surface area (Å²) in [5, 5.41) is 17.7. The number of benzene rings is 1. The molecule has 1 N–H and O–H groups in total. The van der Waals surface area contributed by atoms with Crippen LogP contribution in [0.1, 0.15) is 11.4 Å². The number of halogens is 1. The standard InChI is InChI=1S/C13H10BrN3O/c14-10-4-5-12-15-16-13(17(12)8-10)7-9-2-1-3-11(18)6-9/h1-6,8,18H,7H2. The molecule has 90 valence electrons. The van der Waals surface area contributed by atoms with E-state index in [2.05, 4.69) is 26.1 Å². The minimum Gasteiger partial charge on any atom is -0.508 e. The van der Waals surface area contributed by atoms with E-state index in [0.29, 0.717) is 6.42 Å². The van der Waals surface area contributed by atoms with E-state index in [4.69, 9.17) is 0 Å². The normalized spacial score (nSPS) is 10.9. The maximum absolute atomic E-state index is 9.45. The van der Waals surface area contributed by atoms with Crippen molar-refractivity contribution in [2.45, 2.75) is 6.42 Å². The number of hydrogen-bond donors (Lipinski definition) is 1. The fourth-order valence-corrected chi connectivity index (χ4v) is 2.22. The molecular formula is C13H10BrN3O. The molecule has 0 fully saturated rings. The molecule has 18 heavy (non-hydrogen) atoms. The van der Waals surface area contributed by atoms with Crippen molar-refractivity contribution in [2.75, 3.05) is 0 Å². The topological polar surface area (TPSA) is 50.4 Å². The van der Waals surface area contributed by atoms with E-state index in [0.717, 1.165) is 21.5 Å². The van der Waals surface area contributed by atoms with Gasteiger partial charge in [0.15, 0.2) is 5.65 Å². The maximum Gasteiger partial charge on any atom is 0.160 e. The average Bonchev–Trinajstić information content (AvgIpc) is 2.72. The monoisotopic (exact) mass is 303 g/mol. The van der Waals surface area contributed by atoms with Crippen LogP contribution in [-0.4, -0.2) is 19.7 Å². The molecule has 0 radical (unpaired) electrons. The summed E-state index contributed by atoms with van der Waals surface area (Å²) in [4.78, 5) is 0. The number of phenolic OH excluding ortho intramolecular Hbond substituents is 1. The van der Waals surface area contributed by atoms with Gasteiger partial charge in [-0.3, -0.25) is 4.40 Å². The van der Waals surface area contributed by atoms with Crippen LogP contribution in [0.5, 0.6) is 5.75 Å². The van der Waals surface area contributed by atoms with Gasteiger partial charge in [-0.1, -0.05) is 12.1 Å². The van der Waals surface area contributed by atoms with Crippen LogP contribution in [0, 0.1) is 0 Å². The Morgan fingerprint density at radius 2 is 2.06 bits per heavy atom. The molecule has 0 aliphatic rings. The predicted octanol–water partition coefficient (Wildman–Crippen LogP) is 2.79. The van der Waals surface area contributed by atoms with Crippen LogP contribution in [0.4, 0.5) is 0 Å². The molecule has 0 saturated heterocycles. The van der Waals surface area contributed by atoms with Crippen LogP contribution in [-0.2, 0) is 6.42 Å². The highest BCUT2D eigenvalue weighted by Gasteiger charge is 2.06. The lowest BCUT2D eigenvalue weighted by atomic mass is 10.1. The second-order valence-corrected chi connectivity index (χ2v) is 4.95. The summed E-state index contributed by atoms with van der Waals surface area (Å²) in [5.74, 6) is 1.11. The highest BCUT2D eigenvalue weighted by molar-refractivity contribution is 9.10. The summed E-state index contributed by atoms with van der Waals surface area (Å²) < 4.78 is 2.92. The first kappa shape index (κ1) is 11.2. The molecule has 4 nitrogen and oxygen atoms in total. The first-order valence-electron chi connectivity index (χ1n) is 5.49. The minimum atomic E-state index is 0.266. The Hall–Kier alpha value is -1.88. The number of aromatic hydroxyl groups is 1. The molecule has 0 unspecified atom stereocenters. The van der Waals surface area contributed by atoms with E-state index >= 15 is 0 Å². The first-order chi connectivity index (χ1) is 8.72. The van der Waals surface area contributed by atoms with E-state index in [1.807, 2.05) is 34.9 Å². The van der Waals surface area contributed by atoms with Gasteiger partial charge in [-0.2, -0.15) is 0 Å². The quantitative estimate of drug-likeness (QED) is 0.792. The molecule has 0 aliphatic carbocycles. The molecule has 1 aromatic carbocycles. The maximum atomic E-state index is 9.45. The van der Waals surface area contributed by atoms with Crippen molar-refractivity contribution in [3.8, 4) is 5.75 Å². The third kappa shape index (κ3) is 2.09. The third-order valence-electron chi connectivity index (χ3n) is 2.71. The summed E-state index contributed by atoms with van der Waals surface area (Å²) in [6.07, 6.45) is 2.57. The van der Waals surface area contributed by atoms with E-state index in [1.54, 1.807) is 12.1 Å². The molecule has 3 rings (SSSR count). The van der Waals surface area contributed by atoms with Crippen LogP contribution >= 0.6 is 15.9 Å². The molecule has 3 aromatic rings. The number of fused-ring (bicyclic) bond motifs is 1. The Kier molecular flexibility index (Phi) is 2.76. The molecule has 0 saturated carbocycles. The van der Waals surface area contributed by atoms with Crippen molar-refractivity contribution in [1.29, 1.82) is 0 Å². The smallest absolute Gasteiger partial charge is 0.160 e. The van der Waals surface area contributed by atoms with Crippen molar-refractivity contribution < 1.29 is 5.11 Å². The number of hydrogen-bond acceptors (Lipinski definition) is 3. The zero-order valence-electron chi connectivity index (χ0n) is 9.42. The van der Waals surface area contributed by atoms with Gasteiger partial charge in [0.1, 0.15) is 11.6 Å². The van der Waals surface area contributed by atoms with Crippen LogP contribution in [0.25, 0.3) is 5.65 Å². The highest BCUT2D eigenvalue weighted by Crippen LogP contribution is 2.16. The average molecular weight is 304 g/mol. The van der Waals surface area contributed by atoms with E-state index in [1.165, 1.54) is 0 Å². The summed E-state index contributed by atoms with van der Waals surface area (Å²) in [5.41, 5.74) is 1.82.